The minimum Gasteiger partial charge on any atom is -0.337 e. The van der Waals surface area contributed by atoms with Crippen LogP contribution in [0.4, 0.5) is 10.5 Å². The van der Waals surface area contributed by atoms with Crippen LogP contribution in [0.1, 0.15) is 22.6 Å². The molecular weight excluding hydrogens is 340 g/mol. The normalized spacial score (nSPS) is 15.3. The average Bonchev–Trinajstić information content (AvgIpc) is 2.84. The maximum absolute atomic E-state index is 12.3. The van der Waals surface area contributed by atoms with Crippen LogP contribution in [0.25, 0.3) is 0 Å². The van der Waals surface area contributed by atoms with Gasteiger partial charge in [-0.25, -0.2) is 4.79 Å². The van der Waals surface area contributed by atoms with Crippen molar-refractivity contribution in [1.29, 1.82) is 0 Å². The van der Waals surface area contributed by atoms with Gasteiger partial charge in [0.2, 0.25) is 0 Å². The minimum absolute atomic E-state index is 0.152. The molecule has 2 amide bonds. The molecule has 1 atom stereocenters. The van der Waals surface area contributed by atoms with Crippen LogP contribution in [0.2, 0.25) is 0 Å². The van der Waals surface area contributed by atoms with Crippen molar-refractivity contribution in [3.8, 4) is 0 Å². The number of amides is 2. The molecular formula is C22H20N2OS. The predicted octanol–water partition coefficient (Wildman–Crippen LogP) is 5.25. The van der Waals surface area contributed by atoms with Gasteiger partial charge in [0.05, 0.1) is 0 Å². The van der Waals surface area contributed by atoms with Crippen LogP contribution in [0.15, 0.2) is 83.8 Å². The number of anilines is 1. The number of hydrogen-bond donors (Lipinski definition) is 2. The minimum atomic E-state index is -0.178. The highest BCUT2D eigenvalue weighted by Crippen LogP contribution is 2.40. The first-order valence-electron chi connectivity index (χ1n) is 8.71. The average molecular weight is 360 g/mol. The lowest BCUT2D eigenvalue weighted by molar-refractivity contribution is 0.252. The number of benzene rings is 3. The number of nitrogens with one attached hydrogen (secondary N) is 2. The van der Waals surface area contributed by atoms with Gasteiger partial charge in [-0.15, -0.1) is 11.8 Å². The fraction of sp³-hybridized carbons (Fsp3) is 0.136. The lowest BCUT2D eigenvalue weighted by atomic mass is 9.88. The summed E-state index contributed by atoms with van der Waals surface area (Å²) in [5, 5.41) is 5.94. The zero-order chi connectivity index (χ0) is 17.8. The fourth-order valence-electron chi connectivity index (χ4n) is 3.34. The monoisotopic (exact) mass is 360 g/mol. The van der Waals surface area contributed by atoms with Crippen molar-refractivity contribution >= 4 is 23.5 Å². The van der Waals surface area contributed by atoms with Gasteiger partial charge in [-0.05, 0) is 34.9 Å². The molecule has 2 N–H and O–H groups in total. The molecule has 0 saturated heterocycles. The molecule has 1 heterocycles. The number of para-hydroxylation sites is 1. The summed E-state index contributed by atoms with van der Waals surface area (Å²) in [4.78, 5) is 13.6. The molecule has 0 spiro atoms. The number of fused-ring (bicyclic) bond motifs is 2. The summed E-state index contributed by atoms with van der Waals surface area (Å²) in [6.07, 6.45) is 0. The lowest BCUT2D eigenvalue weighted by Gasteiger charge is -2.20. The Labute approximate surface area is 157 Å². The van der Waals surface area contributed by atoms with Crippen LogP contribution in [-0.4, -0.2) is 12.6 Å². The molecule has 1 aliphatic heterocycles. The molecule has 0 aliphatic carbocycles. The summed E-state index contributed by atoms with van der Waals surface area (Å²) in [5.41, 5.74) is 4.71. The van der Waals surface area contributed by atoms with E-state index in [1.54, 1.807) is 0 Å². The van der Waals surface area contributed by atoms with E-state index in [-0.39, 0.29) is 11.9 Å². The van der Waals surface area contributed by atoms with Gasteiger partial charge in [0.1, 0.15) is 0 Å². The van der Waals surface area contributed by atoms with Crippen molar-refractivity contribution in [3.63, 3.8) is 0 Å². The number of carbonyl (C=O) groups excluding carboxylic acids is 1. The Morgan fingerprint density at radius 2 is 1.58 bits per heavy atom. The Morgan fingerprint density at radius 1 is 0.885 bits per heavy atom. The molecule has 3 aromatic carbocycles. The highest BCUT2D eigenvalue weighted by atomic mass is 32.2. The number of carbonyl (C=O) groups is 1. The highest BCUT2D eigenvalue weighted by Gasteiger charge is 2.24. The molecule has 0 aromatic heterocycles. The number of thioether (sulfide) groups is 1. The van der Waals surface area contributed by atoms with Crippen LogP contribution in [0.3, 0.4) is 0 Å². The first kappa shape index (κ1) is 16.7. The molecule has 0 bridgehead atoms. The first-order valence-corrected chi connectivity index (χ1v) is 9.69. The molecule has 1 aliphatic rings. The van der Waals surface area contributed by atoms with Crippen molar-refractivity contribution in [2.24, 2.45) is 0 Å². The van der Waals surface area contributed by atoms with Crippen LogP contribution < -0.4 is 10.6 Å². The van der Waals surface area contributed by atoms with E-state index in [1.165, 1.54) is 21.6 Å². The summed E-state index contributed by atoms with van der Waals surface area (Å²) in [6, 6.07) is 26.4. The topological polar surface area (TPSA) is 41.1 Å². The highest BCUT2D eigenvalue weighted by molar-refractivity contribution is 7.98. The Balaban J connectivity index is 1.56. The maximum atomic E-state index is 12.3. The molecule has 1 unspecified atom stereocenters. The standard InChI is InChI=1S/C22H20N2OS/c25-22(24-17-9-2-1-3-10-17)23-14-20-18-11-5-4-8-16(18)15-26-21-13-7-6-12-19(20)21/h1-13,20H,14-15H2,(H2,23,24,25). The maximum Gasteiger partial charge on any atom is 0.319 e. The van der Waals surface area contributed by atoms with Gasteiger partial charge in [-0.1, -0.05) is 60.7 Å². The lowest BCUT2D eigenvalue weighted by Crippen LogP contribution is -2.33. The van der Waals surface area contributed by atoms with E-state index in [0.717, 1.165) is 11.4 Å². The predicted molar refractivity (Wildman–Crippen MR) is 108 cm³/mol. The van der Waals surface area contributed by atoms with E-state index >= 15 is 0 Å². The van der Waals surface area contributed by atoms with Gasteiger partial charge in [-0.3, -0.25) is 0 Å². The van der Waals surface area contributed by atoms with Gasteiger partial charge in [0.25, 0.3) is 0 Å². The van der Waals surface area contributed by atoms with Crippen LogP contribution in [-0.2, 0) is 5.75 Å². The van der Waals surface area contributed by atoms with Crippen molar-refractivity contribution < 1.29 is 4.79 Å². The van der Waals surface area contributed by atoms with Gasteiger partial charge in [0, 0.05) is 28.8 Å². The van der Waals surface area contributed by atoms with Crippen molar-refractivity contribution in [2.45, 2.75) is 16.6 Å². The first-order chi connectivity index (χ1) is 12.8. The van der Waals surface area contributed by atoms with E-state index in [9.17, 15) is 4.79 Å². The number of urea groups is 1. The van der Waals surface area contributed by atoms with E-state index in [2.05, 4.69) is 59.2 Å². The summed E-state index contributed by atoms with van der Waals surface area (Å²) < 4.78 is 0. The Morgan fingerprint density at radius 3 is 2.42 bits per heavy atom. The Kier molecular flexibility index (Phi) is 4.93. The van der Waals surface area contributed by atoms with E-state index in [1.807, 2.05) is 42.1 Å². The van der Waals surface area contributed by atoms with Gasteiger partial charge < -0.3 is 10.6 Å². The number of hydrogen-bond acceptors (Lipinski definition) is 2. The summed E-state index contributed by atoms with van der Waals surface area (Å²) in [6.45, 7) is 0.563. The molecule has 0 saturated carbocycles. The summed E-state index contributed by atoms with van der Waals surface area (Å²) in [5.74, 6) is 1.11. The van der Waals surface area contributed by atoms with E-state index in [4.69, 9.17) is 0 Å². The quantitative estimate of drug-likeness (QED) is 0.670. The van der Waals surface area contributed by atoms with E-state index in [0.29, 0.717) is 6.54 Å². The Bertz CT molecular complexity index is 863. The third-order valence-electron chi connectivity index (χ3n) is 4.61. The van der Waals surface area contributed by atoms with Crippen LogP contribution in [0, 0.1) is 0 Å². The number of rotatable bonds is 3. The zero-order valence-corrected chi connectivity index (χ0v) is 15.1. The van der Waals surface area contributed by atoms with E-state index < -0.39 is 0 Å². The SMILES string of the molecule is O=C(NCC1c2ccccc2CSc2ccccc21)Nc1ccccc1. The molecule has 26 heavy (non-hydrogen) atoms. The fourth-order valence-corrected chi connectivity index (χ4v) is 4.47. The second-order valence-electron chi connectivity index (χ2n) is 6.28. The molecule has 3 aromatic rings. The zero-order valence-electron chi connectivity index (χ0n) is 14.3. The van der Waals surface area contributed by atoms with Crippen LogP contribution >= 0.6 is 11.8 Å². The third kappa shape index (κ3) is 3.60. The van der Waals surface area contributed by atoms with Gasteiger partial charge in [-0.2, -0.15) is 0 Å². The van der Waals surface area contributed by atoms with Crippen molar-refractivity contribution in [2.75, 3.05) is 11.9 Å². The molecule has 4 rings (SSSR count). The molecule has 3 nitrogen and oxygen atoms in total. The smallest absolute Gasteiger partial charge is 0.319 e. The second-order valence-corrected chi connectivity index (χ2v) is 7.30. The molecule has 4 heteroatoms. The largest absolute Gasteiger partial charge is 0.337 e. The van der Waals surface area contributed by atoms with Crippen molar-refractivity contribution in [1.82, 2.24) is 5.32 Å². The Hall–Kier alpha value is -2.72. The van der Waals surface area contributed by atoms with Crippen LogP contribution in [0.5, 0.6) is 0 Å². The summed E-state index contributed by atoms with van der Waals surface area (Å²) in [7, 11) is 0. The molecule has 0 radical (unpaired) electrons. The van der Waals surface area contributed by atoms with Crippen molar-refractivity contribution in [3.05, 3.63) is 95.6 Å². The second kappa shape index (κ2) is 7.67. The van der Waals surface area contributed by atoms with Gasteiger partial charge >= 0.3 is 6.03 Å². The van der Waals surface area contributed by atoms with Gasteiger partial charge in [0.15, 0.2) is 0 Å². The third-order valence-corrected chi connectivity index (χ3v) is 5.74. The molecule has 0 fully saturated rings. The summed E-state index contributed by atoms with van der Waals surface area (Å²) >= 11 is 1.86. The molecule has 130 valence electrons.